The Labute approximate surface area is 138 Å². The molecule has 0 bridgehead atoms. The van der Waals surface area contributed by atoms with Gasteiger partial charge in [-0.3, -0.25) is 4.79 Å². The molecule has 0 aliphatic carbocycles. The maximum Gasteiger partial charge on any atom is 0.232 e. The van der Waals surface area contributed by atoms with Gasteiger partial charge in [0, 0.05) is 14.1 Å². The number of fused-ring (bicyclic) bond motifs is 1. The lowest BCUT2D eigenvalue weighted by Crippen LogP contribution is -2.42. The normalized spacial score (nSPS) is 16.2. The van der Waals surface area contributed by atoms with Crippen LogP contribution in [0.5, 0.6) is 11.5 Å². The molecule has 0 N–H and O–H groups in total. The van der Waals surface area contributed by atoms with Crippen LogP contribution in [-0.4, -0.2) is 57.6 Å². The molecule has 0 saturated carbocycles. The van der Waals surface area contributed by atoms with Crippen molar-refractivity contribution in [3.05, 3.63) is 30.6 Å². The van der Waals surface area contributed by atoms with Gasteiger partial charge in [0.05, 0.1) is 12.3 Å². The molecule has 1 aromatic heterocycles. The predicted octanol–water partition coefficient (Wildman–Crippen LogP) is 1.21. The molecule has 122 valence electrons. The van der Waals surface area contributed by atoms with Crippen LogP contribution < -0.4 is 9.47 Å². The predicted molar refractivity (Wildman–Crippen MR) is 85.7 cm³/mol. The standard InChI is InChI=1S/C15H18N4O3S/c1-18(14(20)9-23-15-17-16-10-19(15)2)7-11-8-21-12-5-3-4-6-13(12)22-11/h3-6,10-11H,7-9H2,1-2H3/t11-/m1/s1. The van der Waals surface area contributed by atoms with Crippen molar-refractivity contribution in [3.8, 4) is 11.5 Å². The molecule has 1 atom stereocenters. The maximum atomic E-state index is 12.2. The van der Waals surface area contributed by atoms with E-state index in [1.807, 2.05) is 31.3 Å². The van der Waals surface area contributed by atoms with Crippen molar-refractivity contribution < 1.29 is 14.3 Å². The molecule has 8 heteroatoms. The summed E-state index contributed by atoms with van der Waals surface area (Å²) < 4.78 is 13.3. The average Bonchev–Trinajstić information content (AvgIpc) is 2.97. The lowest BCUT2D eigenvalue weighted by molar-refractivity contribution is -0.128. The van der Waals surface area contributed by atoms with E-state index in [0.29, 0.717) is 18.9 Å². The van der Waals surface area contributed by atoms with Crippen molar-refractivity contribution in [2.45, 2.75) is 11.3 Å². The summed E-state index contributed by atoms with van der Waals surface area (Å²) >= 11 is 1.37. The Balaban J connectivity index is 1.50. The smallest absolute Gasteiger partial charge is 0.232 e. The Hall–Kier alpha value is -2.22. The van der Waals surface area contributed by atoms with Crippen molar-refractivity contribution in [2.75, 3.05) is 26.0 Å². The third-order valence-electron chi connectivity index (χ3n) is 3.47. The Bertz CT molecular complexity index is 691. The molecule has 0 unspecified atom stereocenters. The fourth-order valence-corrected chi connectivity index (χ4v) is 3.03. The zero-order valence-electron chi connectivity index (χ0n) is 13.0. The van der Waals surface area contributed by atoms with Crippen LogP contribution >= 0.6 is 11.8 Å². The highest BCUT2D eigenvalue weighted by atomic mass is 32.2. The molecule has 0 spiro atoms. The van der Waals surface area contributed by atoms with Crippen LogP contribution in [-0.2, 0) is 11.8 Å². The molecule has 2 aromatic rings. The van der Waals surface area contributed by atoms with Gasteiger partial charge in [-0.2, -0.15) is 0 Å². The number of rotatable bonds is 5. The monoisotopic (exact) mass is 334 g/mol. The third kappa shape index (κ3) is 3.76. The van der Waals surface area contributed by atoms with Gasteiger partial charge in [-0.15, -0.1) is 10.2 Å². The van der Waals surface area contributed by atoms with Gasteiger partial charge >= 0.3 is 0 Å². The van der Waals surface area contributed by atoms with Crippen molar-refractivity contribution in [3.63, 3.8) is 0 Å². The highest BCUT2D eigenvalue weighted by molar-refractivity contribution is 7.99. The van der Waals surface area contributed by atoms with E-state index in [9.17, 15) is 4.79 Å². The minimum absolute atomic E-state index is 0.0143. The molecule has 1 aliphatic rings. The number of nitrogens with zero attached hydrogens (tertiary/aromatic N) is 4. The summed E-state index contributed by atoms with van der Waals surface area (Å²) in [6.45, 7) is 0.914. The van der Waals surface area contributed by atoms with E-state index >= 15 is 0 Å². The van der Waals surface area contributed by atoms with E-state index in [0.717, 1.165) is 16.7 Å². The first-order valence-electron chi connectivity index (χ1n) is 7.22. The number of hydrogen-bond donors (Lipinski definition) is 0. The van der Waals surface area contributed by atoms with Crippen molar-refractivity contribution in [1.82, 2.24) is 19.7 Å². The van der Waals surface area contributed by atoms with Crippen molar-refractivity contribution in [2.24, 2.45) is 7.05 Å². The molecule has 1 aromatic carbocycles. The first-order valence-corrected chi connectivity index (χ1v) is 8.21. The molecule has 1 amide bonds. The minimum atomic E-state index is -0.168. The van der Waals surface area contributed by atoms with Gasteiger partial charge < -0.3 is 18.9 Å². The fourth-order valence-electron chi connectivity index (χ4n) is 2.20. The number of amides is 1. The van der Waals surface area contributed by atoms with Crippen LogP contribution in [0.4, 0.5) is 0 Å². The van der Waals surface area contributed by atoms with Crippen LogP contribution in [0.3, 0.4) is 0 Å². The third-order valence-corrected chi connectivity index (χ3v) is 4.48. The largest absolute Gasteiger partial charge is 0.486 e. The topological polar surface area (TPSA) is 69.5 Å². The second-order valence-corrected chi connectivity index (χ2v) is 6.23. The van der Waals surface area contributed by atoms with Crippen LogP contribution in [0, 0.1) is 0 Å². The van der Waals surface area contributed by atoms with Crippen molar-refractivity contribution in [1.29, 1.82) is 0 Å². The number of aryl methyl sites for hydroxylation is 1. The number of carbonyl (C=O) groups excluding carboxylic acids is 1. The summed E-state index contributed by atoms with van der Waals surface area (Å²) in [4.78, 5) is 13.9. The molecule has 0 saturated heterocycles. The number of benzene rings is 1. The second kappa shape index (κ2) is 6.91. The Kier molecular flexibility index (Phi) is 4.71. The van der Waals surface area contributed by atoms with E-state index < -0.39 is 0 Å². The molecular weight excluding hydrogens is 316 g/mol. The van der Waals surface area contributed by atoms with E-state index in [1.165, 1.54) is 11.8 Å². The van der Waals surface area contributed by atoms with E-state index in [-0.39, 0.29) is 12.0 Å². The lowest BCUT2D eigenvalue weighted by Gasteiger charge is -2.29. The van der Waals surface area contributed by atoms with Gasteiger partial charge in [0.1, 0.15) is 12.9 Å². The summed E-state index contributed by atoms with van der Waals surface area (Å²) in [6, 6.07) is 7.55. The summed E-state index contributed by atoms with van der Waals surface area (Å²) in [5.41, 5.74) is 0. The van der Waals surface area contributed by atoms with E-state index in [1.54, 1.807) is 22.8 Å². The molecule has 2 heterocycles. The summed E-state index contributed by atoms with van der Waals surface area (Å²) in [6.07, 6.45) is 1.44. The Morgan fingerprint density at radius 3 is 2.96 bits per heavy atom. The Morgan fingerprint density at radius 1 is 1.43 bits per heavy atom. The molecule has 3 rings (SSSR count). The van der Waals surface area contributed by atoms with E-state index in [4.69, 9.17) is 9.47 Å². The number of para-hydroxylation sites is 2. The minimum Gasteiger partial charge on any atom is -0.486 e. The van der Waals surface area contributed by atoms with Gasteiger partial charge in [0.15, 0.2) is 22.8 Å². The van der Waals surface area contributed by atoms with Gasteiger partial charge in [-0.1, -0.05) is 23.9 Å². The molecular formula is C15H18N4O3S. The number of ether oxygens (including phenoxy) is 2. The Morgan fingerprint density at radius 2 is 2.22 bits per heavy atom. The number of likely N-dealkylation sites (N-methyl/N-ethyl adjacent to an activating group) is 1. The van der Waals surface area contributed by atoms with Gasteiger partial charge in [-0.05, 0) is 12.1 Å². The highest BCUT2D eigenvalue weighted by Gasteiger charge is 2.23. The number of thioether (sulfide) groups is 1. The second-order valence-electron chi connectivity index (χ2n) is 5.28. The van der Waals surface area contributed by atoms with Gasteiger partial charge in [0.2, 0.25) is 5.91 Å². The summed E-state index contributed by atoms with van der Waals surface area (Å²) in [5.74, 6) is 1.79. The quantitative estimate of drug-likeness (QED) is 0.766. The van der Waals surface area contributed by atoms with Gasteiger partial charge in [0.25, 0.3) is 0 Å². The van der Waals surface area contributed by atoms with Crippen LogP contribution in [0.25, 0.3) is 0 Å². The molecule has 0 fully saturated rings. The number of carbonyl (C=O) groups is 1. The molecule has 23 heavy (non-hydrogen) atoms. The first-order chi connectivity index (χ1) is 11.1. The zero-order chi connectivity index (χ0) is 16.2. The molecule has 0 radical (unpaired) electrons. The fraction of sp³-hybridized carbons (Fsp3) is 0.400. The zero-order valence-corrected chi connectivity index (χ0v) is 13.8. The average molecular weight is 334 g/mol. The molecule has 1 aliphatic heterocycles. The lowest BCUT2D eigenvalue weighted by atomic mass is 10.2. The van der Waals surface area contributed by atoms with Gasteiger partial charge in [-0.25, -0.2) is 0 Å². The highest BCUT2D eigenvalue weighted by Crippen LogP contribution is 2.31. The molecule has 7 nitrogen and oxygen atoms in total. The van der Waals surface area contributed by atoms with E-state index in [2.05, 4.69) is 10.2 Å². The SMILES string of the molecule is CN(C[C@@H]1COc2ccccc2O1)C(=O)CSc1nncn1C. The number of aromatic nitrogens is 3. The summed E-state index contributed by atoms with van der Waals surface area (Å²) in [5, 5.41) is 8.46. The first kappa shape index (κ1) is 15.7. The van der Waals surface area contributed by atoms with Crippen LogP contribution in [0.1, 0.15) is 0 Å². The van der Waals surface area contributed by atoms with Crippen LogP contribution in [0.2, 0.25) is 0 Å². The maximum absolute atomic E-state index is 12.2. The number of hydrogen-bond acceptors (Lipinski definition) is 6. The van der Waals surface area contributed by atoms with Crippen molar-refractivity contribution >= 4 is 17.7 Å². The summed E-state index contributed by atoms with van der Waals surface area (Å²) in [7, 11) is 3.62. The van der Waals surface area contributed by atoms with Crippen LogP contribution in [0.15, 0.2) is 35.7 Å².